The third-order valence-corrected chi connectivity index (χ3v) is 9.15. The van der Waals surface area contributed by atoms with Crippen LogP contribution in [0.1, 0.15) is 32.6 Å². The van der Waals surface area contributed by atoms with E-state index in [9.17, 15) is 39.0 Å². The van der Waals surface area contributed by atoms with Gasteiger partial charge in [0, 0.05) is 51.0 Å². The van der Waals surface area contributed by atoms with Gasteiger partial charge in [-0.2, -0.15) is 0 Å². The molecule has 2 aliphatic rings. The number of aliphatic hydroxyl groups is 2. The normalized spacial score (nSPS) is 18.5. The smallest absolute Gasteiger partial charge is 0.319 e. The number of aliphatic hydroxyl groups excluding tert-OH is 2. The first-order valence-corrected chi connectivity index (χ1v) is 21.1. The molecule has 1 fully saturated rings. The second-order valence-corrected chi connectivity index (χ2v) is 14.0. The van der Waals surface area contributed by atoms with Crippen molar-refractivity contribution >= 4 is 46.9 Å². The van der Waals surface area contributed by atoms with Crippen LogP contribution in [0.2, 0.25) is 0 Å². The molecule has 0 aromatic heterocycles. The lowest BCUT2D eigenvalue weighted by atomic mass is 9.91. The number of carbonyl (C=O) groups excluding carboxylic acids is 6. The van der Waals surface area contributed by atoms with Crippen molar-refractivity contribution in [1.29, 1.82) is 0 Å². The van der Waals surface area contributed by atoms with Gasteiger partial charge in [0.15, 0.2) is 5.78 Å². The molecule has 0 spiro atoms. The molecule has 22 heteroatoms. The highest BCUT2D eigenvalue weighted by molar-refractivity contribution is 6.28. The van der Waals surface area contributed by atoms with E-state index in [-0.39, 0.29) is 18.5 Å². The van der Waals surface area contributed by atoms with Crippen LogP contribution in [0.5, 0.6) is 0 Å². The van der Waals surface area contributed by atoms with Crippen molar-refractivity contribution in [2.24, 2.45) is 0 Å². The fourth-order valence-electron chi connectivity index (χ4n) is 6.05. The van der Waals surface area contributed by atoms with Crippen LogP contribution in [0.15, 0.2) is 36.4 Å². The predicted molar refractivity (Wildman–Crippen MR) is 225 cm³/mol. The number of Topliss-reactive ketones (excluding diaryl/α,β-unsaturated/α-hetero) is 1. The number of anilines is 2. The van der Waals surface area contributed by atoms with Crippen LogP contribution < -0.4 is 31.5 Å². The lowest BCUT2D eigenvalue weighted by Crippen LogP contribution is -2.62. The highest BCUT2D eigenvalue weighted by Gasteiger charge is 2.44. The predicted octanol–water partition coefficient (Wildman–Crippen LogP) is -0.592. The molecular formula is C41H64N6O16. The summed E-state index contributed by atoms with van der Waals surface area (Å²) in [6.07, 6.45) is 2.10. The Morgan fingerprint density at radius 3 is 1.57 bits per heavy atom. The van der Waals surface area contributed by atoms with Gasteiger partial charge >= 0.3 is 12.1 Å². The summed E-state index contributed by atoms with van der Waals surface area (Å²) in [6, 6.07) is 4.74. The first-order valence-electron chi connectivity index (χ1n) is 21.1. The molecule has 3 rings (SSSR count). The topological polar surface area (TPSA) is 280 Å². The van der Waals surface area contributed by atoms with Crippen LogP contribution in [0.3, 0.4) is 0 Å². The van der Waals surface area contributed by atoms with E-state index in [1.165, 1.54) is 19.1 Å². The van der Waals surface area contributed by atoms with Crippen LogP contribution in [0.4, 0.5) is 21.0 Å². The number of carbonyl (C=O) groups is 6. The van der Waals surface area contributed by atoms with Gasteiger partial charge in [-0.25, -0.2) is 14.5 Å². The molecule has 7 amide bonds. The third kappa shape index (κ3) is 22.0. The van der Waals surface area contributed by atoms with E-state index in [2.05, 4.69) is 26.6 Å². The van der Waals surface area contributed by atoms with Crippen molar-refractivity contribution in [3.8, 4) is 0 Å². The largest absolute Gasteiger partial charge is 0.393 e. The number of amides is 7. The minimum absolute atomic E-state index is 0.289. The van der Waals surface area contributed by atoms with Crippen LogP contribution in [0.25, 0.3) is 0 Å². The van der Waals surface area contributed by atoms with Gasteiger partial charge in [-0.15, -0.1) is 0 Å². The average Bonchev–Trinajstić information content (AvgIpc) is 3.61. The van der Waals surface area contributed by atoms with E-state index >= 15 is 0 Å². The molecule has 0 unspecified atom stereocenters. The molecule has 1 saturated heterocycles. The fraction of sp³-hybridized carbons (Fsp3) is 0.659. The van der Waals surface area contributed by atoms with E-state index in [1.54, 1.807) is 24.3 Å². The molecule has 63 heavy (non-hydrogen) atoms. The summed E-state index contributed by atoms with van der Waals surface area (Å²) in [4.78, 5) is 72.2. The van der Waals surface area contributed by atoms with Crippen LogP contribution in [-0.2, 0) is 57.1 Å². The van der Waals surface area contributed by atoms with Crippen molar-refractivity contribution in [3.63, 3.8) is 0 Å². The Labute approximate surface area is 366 Å². The number of benzene rings is 1. The van der Waals surface area contributed by atoms with Crippen molar-refractivity contribution in [2.45, 2.75) is 57.0 Å². The van der Waals surface area contributed by atoms with Crippen LogP contribution in [-0.4, -0.2) is 189 Å². The fourth-order valence-corrected chi connectivity index (χ4v) is 6.05. The average molecular weight is 897 g/mol. The summed E-state index contributed by atoms with van der Waals surface area (Å²) in [5.74, 6) is -1.84. The number of ketones is 1. The molecule has 354 valence electrons. The summed E-state index contributed by atoms with van der Waals surface area (Å²) >= 11 is 0. The van der Waals surface area contributed by atoms with Crippen molar-refractivity contribution < 1.29 is 76.9 Å². The number of nitrogens with one attached hydrogen (secondary N) is 5. The number of rotatable bonds is 34. The van der Waals surface area contributed by atoms with E-state index in [0.717, 1.165) is 24.2 Å². The summed E-state index contributed by atoms with van der Waals surface area (Å²) < 4.78 is 44.0. The molecule has 0 saturated carbocycles. The minimum atomic E-state index is -1.42. The molecule has 22 nitrogen and oxygen atoms in total. The van der Waals surface area contributed by atoms with Gasteiger partial charge in [0.05, 0.1) is 110 Å². The maximum absolute atomic E-state index is 12.1. The van der Waals surface area contributed by atoms with Crippen LogP contribution in [0, 0.1) is 0 Å². The Kier molecular flexibility index (Phi) is 26.9. The van der Waals surface area contributed by atoms with Gasteiger partial charge in [0.25, 0.3) is 11.8 Å². The maximum Gasteiger partial charge on any atom is 0.319 e. The van der Waals surface area contributed by atoms with E-state index in [4.69, 9.17) is 37.9 Å². The molecule has 1 aromatic rings. The van der Waals surface area contributed by atoms with Crippen molar-refractivity contribution in [2.75, 3.05) is 129 Å². The van der Waals surface area contributed by atoms with E-state index < -0.39 is 54.6 Å². The monoisotopic (exact) mass is 896 g/mol. The van der Waals surface area contributed by atoms with Gasteiger partial charge in [0.1, 0.15) is 12.2 Å². The first kappa shape index (κ1) is 52.7. The Hall–Kier alpha value is -4.62. The molecule has 0 radical (unpaired) electrons. The standard InChI is InChI=1S/C41H64N6O16/c1-30(49)45-37-33(63-34(29-48)38(52)39(37)53)5-3-2-4-15-56-19-20-57-16-12-42-40(54)43-13-17-58-21-23-60-25-27-62-28-26-61-24-22-59-18-14-44-41(55)46-31-6-8-32(9-7-31)47-35(50)10-11-36(47)51/h6-11,33-34,37,39,48,53H,2-5,12-29H2,1H3,(H,45,49)(H2,42,43,54)(H2,44,46,55)/t33-,34-,37+,39-/m1/s1. The summed E-state index contributed by atoms with van der Waals surface area (Å²) in [5, 5.41) is 33.0. The number of hydrogen-bond acceptors (Lipinski definition) is 16. The lowest BCUT2D eigenvalue weighted by molar-refractivity contribution is -0.169. The number of ether oxygens (including phenoxy) is 8. The van der Waals surface area contributed by atoms with Gasteiger partial charge in [-0.05, 0) is 37.1 Å². The maximum atomic E-state index is 12.1. The summed E-state index contributed by atoms with van der Waals surface area (Å²) in [6.45, 7) is 7.07. The highest BCUT2D eigenvalue weighted by atomic mass is 16.6. The zero-order valence-corrected chi connectivity index (χ0v) is 35.9. The van der Waals surface area contributed by atoms with Crippen molar-refractivity contribution in [3.05, 3.63) is 36.4 Å². The summed E-state index contributed by atoms with van der Waals surface area (Å²) in [5.41, 5.74) is 0.920. The zero-order chi connectivity index (χ0) is 45.5. The lowest BCUT2D eigenvalue weighted by Gasteiger charge is -2.38. The first-order chi connectivity index (χ1) is 30.6. The highest BCUT2D eigenvalue weighted by Crippen LogP contribution is 2.23. The number of nitrogens with zero attached hydrogens (tertiary/aromatic N) is 1. The number of hydrogen-bond donors (Lipinski definition) is 7. The van der Waals surface area contributed by atoms with Gasteiger partial charge in [-0.1, -0.05) is 12.8 Å². The Balaban J connectivity index is 0.983. The molecule has 1 aromatic carbocycles. The SMILES string of the molecule is CC(=O)N[C@H]1[C@@H](CCCCCOCCOCCNC(=O)NCCOCCOCCOCCOCCOCCNC(=O)Nc2ccc(N3C(=O)C=CC3=O)cc2)O[C@H](CO)C(=O)[C@@H]1O. The van der Waals surface area contributed by atoms with Crippen LogP contribution >= 0.6 is 0 Å². The molecule has 2 heterocycles. The molecule has 4 atom stereocenters. The third-order valence-electron chi connectivity index (χ3n) is 9.15. The number of imide groups is 1. The van der Waals surface area contributed by atoms with Crippen molar-refractivity contribution in [1.82, 2.24) is 21.3 Å². The number of urea groups is 2. The van der Waals surface area contributed by atoms with E-state index in [1.807, 2.05) is 0 Å². The minimum Gasteiger partial charge on any atom is -0.393 e. The van der Waals surface area contributed by atoms with E-state index in [0.29, 0.717) is 123 Å². The second-order valence-electron chi connectivity index (χ2n) is 14.0. The second kappa shape index (κ2) is 32.1. The zero-order valence-electron chi connectivity index (χ0n) is 35.9. The Morgan fingerprint density at radius 2 is 1.10 bits per heavy atom. The molecule has 7 N–H and O–H groups in total. The molecule has 0 bridgehead atoms. The van der Waals surface area contributed by atoms with Gasteiger partial charge < -0.3 is 74.7 Å². The Morgan fingerprint density at radius 1 is 0.635 bits per heavy atom. The quantitative estimate of drug-likeness (QED) is 0.0336. The molecule has 0 aliphatic carbocycles. The Bertz CT molecular complexity index is 1540. The molecular weight excluding hydrogens is 832 g/mol. The van der Waals surface area contributed by atoms with Gasteiger partial charge in [0.2, 0.25) is 5.91 Å². The summed E-state index contributed by atoms with van der Waals surface area (Å²) in [7, 11) is 0. The van der Waals surface area contributed by atoms with Gasteiger partial charge in [-0.3, -0.25) is 19.2 Å². The molecule has 2 aliphatic heterocycles. The number of unbranched alkanes of at least 4 members (excludes halogenated alkanes) is 2.